The molecular formula is C13H11BrClNO2. The van der Waals surface area contributed by atoms with E-state index < -0.39 is 0 Å². The van der Waals surface area contributed by atoms with E-state index in [0.717, 1.165) is 10.2 Å². The Morgan fingerprint density at radius 3 is 2.89 bits per heavy atom. The van der Waals surface area contributed by atoms with Crippen molar-refractivity contribution < 1.29 is 9.47 Å². The minimum absolute atomic E-state index is 0.333. The topological polar surface area (TPSA) is 31.4 Å². The Balaban J connectivity index is 2.15. The Bertz CT molecular complexity index is 548. The summed E-state index contributed by atoms with van der Waals surface area (Å²) in [6, 6.07) is 9.11. The Hall–Kier alpha value is -1.26. The number of hydrogen-bond donors (Lipinski definition) is 0. The molecule has 0 radical (unpaired) electrons. The van der Waals surface area contributed by atoms with Crippen LogP contribution in [0.4, 0.5) is 0 Å². The third-order valence-corrected chi connectivity index (χ3v) is 3.15. The number of halogens is 2. The fourth-order valence-electron chi connectivity index (χ4n) is 1.46. The lowest BCUT2D eigenvalue weighted by molar-refractivity contribution is 0.279. The zero-order valence-electron chi connectivity index (χ0n) is 9.69. The molecule has 0 aliphatic carbocycles. The van der Waals surface area contributed by atoms with Crippen LogP contribution in [0, 0.1) is 0 Å². The maximum absolute atomic E-state index is 5.89. The molecule has 0 aliphatic rings. The average molecular weight is 329 g/mol. The fourth-order valence-corrected chi connectivity index (χ4v) is 2.11. The molecule has 0 spiro atoms. The second kappa shape index (κ2) is 6.07. The lowest BCUT2D eigenvalue weighted by Gasteiger charge is -2.11. The quantitative estimate of drug-likeness (QED) is 0.847. The number of hydrogen-bond acceptors (Lipinski definition) is 3. The maximum atomic E-state index is 5.89. The minimum Gasteiger partial charge on any atom is -0.493 e. The monoisotopic (exact) mass is 327 g/mol. The summed E-state index contributed by atoms with van der Waals surface area (Å²) in [5.41, 5.74) is 0.764. The van der Waals surface area contributed by atoms with Crippen molar-refractivity contribution in [2.75, 3.05) is 7.11 Å². The Morgan fingerprint density at radius 2 is 2.17 bits per heavy atom. The van der Waals surface area contributed by atoms with Crippen molar-refractivity contribution >= 4 is 27.5 Å². The molecule has 0 saturated heterocycles. The molecule has 0 unspecified atom stereocenters. The standard InChI is InChI=1S/C13H11BrClNO2/c1-17-12-4-2-3-11(14)13(12)18-8-10-7-9(15)5-6-16-10/h2-7H,8H2,1H3. The van der Waals surface area contributed by atoms with Crippen molar-refractivity contribution in [1.29, 1.82) is 0 Å². The Kier molecular flexibility index (Phi) is 4.44. The number of benzene rings is 1. The zero-order chi connectivity index (χ0) is 13.0. The van der Waals surface area contributed by atoms with Crippen LogP contribution in [-0.2, 0) is 6.61 Å². The molecule has 1 aromatic carbocycles. The molecule has 2 rings (SSSR count). The van der Waals surface area contributed by atoms with Crippen LogP contribution >= 0.6 is 27.5 Å². The third-order valence-electron chi connectivity index (χ3n) is 2.29. The predicted octanol–water partition coefficient (Wildman–Crippen LogP) is 4.09. The molecule has 94 valence electrons. The van der Waals surface area contributed by atoms with E-state index in [4.69, 9.17) is 21.1 Å². The normalized spacial score (nSPS) is 10.2. The van der Waals surface area contributed by atoms with Gasteiger partial charge in [-0.1, -0.05) is 17.7 Å². The number of rotatable bonds is 4. The number of nitrogens with zero attached hydrogens (tertiary/aromatic N) is 1. The second-order valence-electron chi connectivity index (χ2n) is 3.53. The number of methoxy groups -OCH3 is 1. The van der Waals surface area contributed by atoms with E-state index in [9.17, 15) is 0 Å². The highest BCUT2D eigenvalue weighted by atomic mass is 79.9. The zero-order valence-corrected chi connectivity index (χ0v) is 12.0. The van der Waals surface area contributed by atoms with E-state index >= 15 is 0 Å². The summed E-state index contributed by atoms with van der Waals surface area (Å²) >= 11 is 9.31. The van der Waals surface area contributed by atoms with Crippen LogP contribution in [0.2, 0.25) is 5.02 Å². The van der Waals surface area contributed by atoms with Crippen LogP contribution in [-0.4, -0.2) is 12.1 Å². The molecule has 3 nitrogen and oxygen atoms in total. The first kappa shape index (κ1) is 13.2. The first-order valence-corrected chi connectivity index (χ1v) is 6.43. The highest BCUT2D eigenvalue weighted by molar-refractivity contribution is 9.10. The van der Waals surface area contributed by atoms with Crippen LogP contribution in [0.5, 0.6) is 11.5 Å². The lowest BCUT2D eigenvalue weighted by Crippen LogP contribution is -2.00. The fraction of sp³-hybridized carbons (Fsp3) is 0.154. The molecule has 0 amide bonds. The van der Waals surface area contributed by atoms with Crippen LogP contribution in [0.15, 0.2) is 41.0 Å². The summed E-state index contributed by atoms with van der Waals surface area (Å²) in [6.07, 6.45) is 1.65. The van der Waals surface area contributed by atoms with Crippen LogP contribution in [0.1, 0.15) is 5.69 Å². The summed E-state index contributed by atoms with van der Waals surface area (Å²) in [7, 11) is 1.60. The van der Waals surface area contributed by atoms with Gasteiger partial charge < -0.3 is 9.47 Å². The Labute approximate surface area is 119 Å². The second-order valence-corrected chi connectivity index (χ2v) is 4.82. The molecule has 0 N–H and O–H groups in total. The van der Waals surface area contributed by atoms with Crippen molar-refractivity contribution in [1.82, 2.24) is 4.98 Å². The average Bonchev–Trinajstić information content (AvgIpc) is 2.37. The molecule has 0 aliphatic heterocycles. The molecule has 0 fully saturated rings. The first-order chi connectivity index (χ1) is 8.70. The highest BCUT2D eigenvalue weighted by Crippen LogP contribution is 2.35. The van der Waals surface area contributed by atoms with E-state index in [1.54, 1.807) is 25.4 Å². The number of ether oxygens (including phenoxy) is 2. The lowest BCUT2D eigenvalue weighted by atomic mass is 10.3. The van der Waals surface area contributed by atoms with Crippen molar-refractivity contribution in [3.8, 4) is 11.5 Å². The van der Waals surface area contributed by atoms with Gasteiger partial charge in [-0.2, -0.15) is 0 Å². The van der Waals surface area contributed by atoms with Gasteiger partial charge in [-0.05, 0) is 40.2 Å². The molecule has 1 aromatic heterocycles. The minimum atomic E-state index is 0.333. The van der Waals surface area contributed by atoms with Gasteiger partial charge in [0.25, 0.3) is 0 Å². The molecule has 0 saturated carbocycles. The van der Waals surface area contributed by atoms with Gasteiger partial charge in [-0.3, -0.25) is 4.98 Å². The summed E-state index contributed by atoms with van der Waals surface area (Å²) < 4.78 is 11.8. The van der Waals surface area contributed by atoms with Gasteiger partial charge in [-0.25, -0.2) is 0 Å². The van der Waals surface area contributed by atoms with Crippen LogP contribution < -0.4 is 9.47 Å². The smallest absolute Gasteiger partial charge is 0.175 e. The number of para-hydroxylation sites is 1. The van der Waals surface area contributed by atoms with E-state index in [-0.39, 0.29) is 0 Å². The molecule has 2 aromatic rings. The van der Waals surface area contributed by atoms with Crippen LogP contribution in [0.25, 0.3) is 0 Å². The predicted molar refractivity (Wildman–Crippen MR) is 74.3 cm³/mol. The highest BCUT2D eigenvalue weighted by Gasteiger charge is 2.09. The molecule has 1 heterocycles. The van der Waals surface area contributed by atoms with E-state index in [1.807, 2.05) is 18.2 Å². The summed E-state index contributed by atoms with van der Waals surface area (Å²) in [6.45, 7) is 0.333. The number of aromatic nitrogens is 1. The van der Waals surface area contributed by atoms with Gasteiger partial charge >= 0.3 is 0 Å². The molecule has 0 bridgehead atoms. The van der Waals surface area contributed by atoms with Gasteiger partial charge in [0.05, 0.1) is 17.3 Å². The SMILES string of the molecule is COc1cccc(Br)c1OCc1cc(Cl)ccn1. The largest absolute Gasteiger partial charge is 0.493 e. The molecular weight excluding hydrogens is 318 g/mol. The van der Waals surface area contributed by atoms with Gasteiger partial charge in [0.2, 0.25) is 0 Å². The van der Waals surface area contributed by atoms with E-state index in [1.165, 1.54) is 0 Å². The van der Waals surface area contributed by atoms with Crippen molar-refractivity contribution in [2.24, 2.45) is 0 Å². The molecule has 0 atom stereocenters. The Morgan fingerprint density at radius 1 is 1.33 bits per heavy atom. The first-order valence-electron chi connectivity index (χ1n) is 5.26. The van der Waals surface area contributed by atoms with Crippen LogP contribution in [0.3, 0.4) is 0 Å². The van der Waals surface area contributed by atoms with Gasteiger partial charge in [0.1, 0.15) is 6.61 Å². The summed E-state index contributed by atoms with van der Waals surface area (Å²) in [5, 5.41) is 0.641. The van der Waals surface area contributed by atoms with E-state index in [0.29, 0.717) is 23.1 Å². The van der Waals surface area contributed by atoms with Gasteiger partial charge in [0, 0.05) is 11.2 Å². The third kappa shape index (κ3) is 3.15. The van der Waals surface area contributed by atoms with Gasteiger partial charge in [0.15, 0.2) is 11.5 Å². The van der Waals surface area contributed by atoms with Crippen molar-refractivity contribution in [2.45, 2.75) is 6.61 Å². The molecule has 5 heteroatoms. The van der Waals surface area contributed by atoms with E-state index in [2.05, 4.69) is 20.9 Å². The number of pyridine rings is 1. The summed E-state index contributed by atoms with van der Waals surface area (Å²) in [4.78, 5) is 4.17. The van der Waals surface area contributed by atoms with Crippen molar-refractivity contribution in [3.63, 3.8) is 0 Å². The van der Waals surface area contributed by atoms with Crippen molar-refractivity contribution in [3.05, 3.63) is 51.7 Å². The maximum Gasteiger partial charge on any atom is 0.175 e. The molecule has 18 heavy (non-hydrogen) atoms. The van der Waals surface area contributed by atoms with Gasteiger partial charge in [-0.15, -0.1) is 0 Å². The summed E-state index contributed by atoms with van der Waals surface area (Å²) in [5.74, 6) is 1.33.